The molecule has 2 unspecified atom stereocenters. The van der Waals surface area contributed by atoms with Crippen LogP contribution in [0.4, 0.5) is 0 Å². The standard InChI is InChI=1S/C7H11ClO/c1-5(9)6-3-2-4-7(6)8/h6-7H,2-4H2,1H3. The van der Waals surface area contributed by atoms with Gasteiger partial charge in [0.2, 0.25) is 0 Å². The molecule has 2 heteroatoms. The van der Waals surface area contributed by atoms with E-state index >= 15 is 0 Å². The zero-order valence-electron chi connectivity index (χ0n) is 5.56. The summed E-state index contributed by atoms with van der Waals surface area (Å²) in [6.07, 6.45) is 3.15. The van der Waals surface area contributed by atoms with Crippen LogP contribution in [0.5, 0.6) is 0 Å². The number of alkyl halides is 1. The van der Waals surface area contributed by atoms with Crippen LogP contribution in [0.3, 0.4) is 0 Å². The average molecular weight is 147 g/mol. The number of carbonyl (C=O) groups is 1. The second kappa shape index (κ2) is 2.70. The Labute approximate surface area is 60.4 Å². The van der Waals surface area contributed by atoms with Crippen LogP contribution in [0.15, 0.2) is 0 Å². The minimum Gasteiger partial charge on any atom is -0.300 e. The minimum atomic E-state index is 0.127. The van der Waals surface area contributed by atoms with Gasteiger partial charge in [0, 0.05) is 11.3 Å². The highest BCUT2D eigenvalue weighted by molar-refractivity contribution is 6.22. The van der Waals surface area contributed by atoms with Crippen LogP contribution in [0.1, 0.15) is 26.2 Å². The van der Waals surface area contributed by atoms with E-state index in [0.29, 0.717) is 0 Å². The molecular weight excluding hydrogens is 136 g/mol. The molecule has 1 fully saturated rings. The van der Waals surface area contributed by atoms with Crippen molar-refractivity contribution in [3.63, 3.8) is 0 Å². The van der Waals surface area contributed by atoms with Crippen molar-refractivity contribution in [3.8, 4) is 0 Å². The van der Waals surface area contributed by atoms with Gasteiger partial charge in [-0.15, -0.1) is 11.6 Å². The Hall–Kier alpha value is -0.0400. The van der Waals surface area contributed by atoms with Gasteiger partial charge in [-0.05, 0) is 19.8 Å². The molecule has 2 atom stereocenters. The van der Waals surface area contributed by atoms with Crippen LogP contribution in [0, 0.1) is 5.92 Å². The lowest BCUT2D eigenvalue weighted by atomic mass is 10.0. The zero-order chi connectivity index (χ0) is 6.85. The third kappa shape index (κ3) is 1.45. The molecule has 0 aromatic carbocycles. The third-order valence-corrected chi connectivity index (χ3v) is 2.48. The number of carbonyl (C=O) groups excluding carboxylic acids is 1. The summed E-state index contributed by atoms with van der Waals surface area (Å²) in [6, 6.07) is 0. The Morgan fingerprint density at radius 3 is 2.44 bits per heavy atom. The number of Topliss-reactive ketones (excluding diaryl/α,β-unsaturated/α-hetero) is 1. The molecule has 1 nitrogen and oxygen atoms in total. The van der Waals surface area contributed by atoms with Crippen molar-refractivity contribution in [1.29, 1.82) is 0 Å². The highest BCUT2D eigenvalue weighted by Gasteiger charge is 2.28. The average Bonchev–Trinajstić information content (AvgIpc) is 2.13. The van der Waals surface area contributed by atoms with E-state index in [1.54, 1.807) is 6.92 Å². The molecule has 52 valence electrons. The minimum absolute atomic E-state index is 0.127. The maximum absolute atomic E-state index is 10.8. The zero-order valence-corrected chi connectivity index (χ0v) is 6.32. The molecule has 0 radical (unpaired) electrons. The van der Waals surface area contributed by atoms with Crippen molar-refractivity contribution in [2.24, 2.45) is 5.92 Å². The molecular formula is C7H11ClO. The number of ketones is 1. The fourth-order valence-electron chi connectivity index (χ4n) is 1.37. The molecule has 1 rings (SSSR count). The molecule has 0 aliphatic heterocycles. The van der Waals surface area contributed by atoms with E-state index in [1.165, 1.54) is 0 Å². The first-order valence-electron chi connectivity index (χ1n) is 3.36. The Kier molecular flexibility index (Phi) is 2.12. The van der Waals surface area contributed by atoms with Crippen LogP contribution < -0.4 is 0 Å². The predicted molar refractivity (Wildman–Crippen MR) is 37.7 cm³/mol. The molecule has 0 saturated heterocycles. The van der Waals surface area contributed by atoms with Crippen molar-refractivity contribution in [1.82, 2.24) is 0 Å². The predicted octanol–water partition coefficient (Wildman–Crippen LogP) is 1.98. The van der Waals surface area contributed by atoms with Gasteiger partial charge in [-0.2, -0.15) is 0 Å². The highest BCUT2D eigenvalue weighted by Crippen LogP contribution is 2.30. The first-order chi connectivity index (χ1) is 4.22. The van der Waals surface area contributed by atoms with E-state index in [4.69, 9.17) is 11.6 Å². The Morgan fingerprint density at radius 2 is 2.22 bits per heavy atom. The van der Waals surface area contributed by atoms with Crippen LogP contribution in [-0.4, -0.2) is 11.2 Å². The van der Waals surface area contributed by atoms with E-state index in [2.05, 4.69) is 0 Å². The van der Waals surface area contributed by atoms with Gasteiger partial charge < -0.3 is 0 Å². The molecule has 0 bridgehead atoms. The second-order valence-corrected chi connectivity index (χ2v) is 3.22. The molecule has 0 aromatic rings. The van der Waals surface area contributed by atoms with Crippen molar-refractivity contribution in [2.45, 2.75) is 31.6 Å². The molecule has 0 amide bonds. The number of rotatable bonds is 1. The summed E-state index contributed by atoms with van der Waals surface area (Å²) in [5.41, 5.74) is 0. The van der Waals surface area contributed by atoms with E-state index in [-0.39, 0.29) is 17.1 Å². The molecule has 0 heterocycles. The highest BCUT2D eigenvalue weighted by atomic mass is 35.5. The Bertz CT molecular complexity index is 122. The quantitative estimate of drug-likeness (QED) is 0.517. The van der Waals surface area contributed by atoms with Gasteiger partial charge in [-0.3, -0.25) is 4.79 Å². The van der Waals surface area contributed by atoms with Crippen molar-refractivity contribution < 1.29 is 4.79 Å². The largest absolute Gasteiger partial charge is 0.300 e. The Balaban J connectivity index is 2.49. The van der Waals surface area contributed by atoms with E-state index in [1.807, 2.05) is 0 Å². The fourth-order valence-corrected chi connectivity index (χ4v) is 1.83. The van der Waals surface area contributed by atoms with Crippen LogP contribution in [0.25, 0.3) is 0 Å². The number of hydrogen-bond acceptors (Lipinski definition) is 1. The smallest absolute Gasteiger partial charge is 0.134 e. The van der Waals surface area contributed by atoms with Gasteiger partial charge in [0.15, 0.2) is 0 Å². The normalized spacial score (nSPS) is 34.9. The molecule has 1 aliphatic rings. The summed E-state index contributed by atoms with van der Waals surface area (Å²) in [6.45, 7) is 1.63. The number of halogens is 1. The lowest BCUT2D eigenvalue weighted by Gasteiger charge is -2.07. The molecule has 1 aliphatic carbocycles. The van der Waals surface area contributed by atoms with E-state index < -0.39 is 0 Å². The summed E-state index contributed by atoms with van der Waals surface area (Å²) >= 11 is 5.85. The topological polar surface area (TPSA) is 17.1 Å². The monoisotopic (exact) mass is 146 g/mol. The first kappa shape index (κ1) is 7.07. The maximum atomic E-state index is 10.8. The van der Waals surface area contributed by atoms with E-state index in [9.17, 15) is 4.79 Å². The lowest BCUT2D eigenvalue weighted by Crippen LogP contribution is -2.15. The summed E-state index contributed by atoms with van der Waals surface area (Å²) in [7, 11) is 0. The summed E-state index contributed by atoms with van der Waals surface area (Å²) < 4.78 is 0. The summed E-state index contributed by atoms with van der Waals surface area (Å²) in [5.74, 6) is 0.416. The molecule has 0 aromatic heterocycles. The van der Waals surface area contributed by atoms with Crippen LogP contribution in [0.2, 0.25) is 0 Å². The molecule has 0 N–H and O–H groups in total. The number of hydrogen-bond donors (Lipinski definition) is 0. The first-order valence-corrected chi connectivity index (χ1v) is 3.80. The van der Waals surface area contributed by atoms with Gasteiger partial charge in [-0.25, -0.2) is 0 Å². The molecule has 9 heavy (non-hydrogen) atoms. The molecule has 0 spiro atoms. The lowest BCUT2D eigenvalue weighted by molar-refractivity contribution is -0.120. The van der Waals surface area contributed by atoms with Crippen molar-refractivity contribution in [2.75, 3.05) is 0 Å². The van der Waals surface area contributed by atoms with E-state index in [0.717, 1.165) is 19.3 Å². The van der Waals surface area contributed by atoms with Gasteiger partial charge in [0.1, 0.15) is 5.78 Å². The van der Waals surface area contributed by atoms with Crippen molar-refractivity contribution in [3.05, 3.63) is 0 Å². The summed E-state index contributed by atoms with van der Waals surface area (Å²) in [4.78, 5) is 10.8. The molecule has 1 saturated carbocycles. The maximum Gasteiger partial charge on any atom is 0.134 e. The van der Waals surface area contributed by atoms with Crippen LogP contribution in [-0.2, 0) is 4.79 Å². The van der Waals surface area contributed by atoms with Gasteiger partial charge >= 0.3 is 0 Å². The van der Waals surface area contributed by atoms with Gasteiger partial charge in [0.05, 0.1) is 0 Å². The van der Waals surface area contributed by atoms with Crippen LogP contribution >= 0.6 is 11.6 Å². The van der Waals surface area contributed by atoms with Gasteiger partial charge in [0.25, 0.3) is 0 Å². The summed E-state index contributed by atoms with van der Waals surface area (Å²) in [5, 5.41) is 0.127. The van der Waals surface area contributed by atoms with Crippen molar-refractivity contribution >= 4 is 17.4 Å². The second-order valence-electron chi connectivity index (χ2n) is 2.66. The third-order valence-electron chi connectivity index (χ3n) is 1.95. The fraction of sp³-hybridized carbons (Fsp3) is 0.857. The Morgan fingerprint density at radius 1 is 1.56 bits per heavy atom. The van der Waals surface area contributed by atoms with Gasteiger partial charge in [-0.1, -0.05) is 6.42 Å². The SMILES string of the molecule is CC(=O)C1CCCC1Cl.